The van der Waals surface area contributed by atoms with E-state index in [1.165, 1.54) is 0 Å². The van der Waals surface area contributed by atoms with Crippen molar-refractivity contribution < 1.29 is 10.3 Å². The monoisotopic (exact) mass is 155 g/mol. The quantitative estimate of drug-likeness (QED) is 0.283. The lowest BCUT2D eigenvalue weighted by Gasteiger charge is -1.91. The highest BCUT2D eigenvalue weighted by Gasteiger charge is 2.02. The summed E-state index contributed by atoms with van der Waals surface area (Å²) in [4.78, 5) is 16.3. The van der Waals surface area contributed by atoms with Gasteiger partial charge in [-0.3, -0.25) is 4.79 Å². The Morgan fingerprint density at radius 2 is 2.45 bits per heavy atom. The third-order valence-corrected chi connectivity index (χ3v) is 1.05. The van der Waals surface area contributed by atoms with Crippen molar-refractivity contribution in [1.82, 2.24) is 9.97 Å². The zero-order valence-electron chi connectivity index (χ0n) is 5.35. The fraction of sp³-hybridized carbons (Fsp3) is 0. The summed E-state index contributed by atoms with van der Waals surface area (Å²) in [6.45, 7) is 0. The van der Waals surface area contributed by atoms with Crippen molar-refractivity contribution in [1.29, 1.82) is 0 Å². The van der Waals surface area contributed by atoms with Crippen molar-refractivity contribution in [3.63, 3.8) is 0 Å². The van der Waals surface area contributed by atoms with E-state index in [0.29, 0.717) is 0 Å². The minimum Gasteiger partial charge on any atom is -0.493 e. The maximum absolute atomic E-state index is 10.8. The molecule has 6 nitrogen and oxygen atoms in total. The second kappa shape index (κ2) is 2.82. The van der Waals surface area contributed by atoms with Crippen LogP contribution in [0.15, 0.2) is 16.3 Å². The van der Waals surface area contributed by atoms with Crippen molar-refractivity contribution in [2.24, 2.45) is 5.16 Å². The van der Waals surface area contributed by atoms with Gasteiger partial charge in [0.25, 0.3) is 5.56 Å². The molecule has 0 unspecified atom stereocenters. The first-order valence-electron chi connectivity index (χ1n) is 2.70. The molecule has 0 aliphatic heterocycles. The molecule has 1 aromatic rings. The van der Waals surface area contributed by atoms with Crippen LogP contribution in [0.4, 0.5) is 0 Å². The molecule has 0 bridgehead atoms. The Bertz CT molecular complexity index is 330. The molecule has 0 fully saturated rings. The zero-order valence-corrected chi connectivity index (χ0v) is 5.35. The number of rotatable bonds is 1. The van der Waals surface area contributed by atoms with Crippen molar-refractivity contribution in [2.45, 2.75) is 0 Å². The predicted octanol–water partition coefficient (Wildman–Crippen LogP) is -0.716. The van der Waals surface area contributed by atoms with Gasteiger partial charge >= 0.3 is 0 Å². The lowest BCUT2D eigenvalue weighted by Crippen LogP contribution is -2.12. The van der Waals surface area contributed by atoms with Crippen LogP contribution in [0.5, 0.6) is 5.88 Å². The summed E-state index contributed by atoms with van der Waals surface area (Å²) >= 11 is 0. The Morgan fingerprint density at radius 1 is 1.73 bits per heavy atom. The van der Waals surface area contributed by atoms with Crippen LogP contribution in [0.2, 0.25) is 0 Å². The number of aromatic hydroxyl groups is 1. The van der Waals surface area contributed by atoms with Gasteiger partial charge in [0.05, 0.1) is 12.5 Å². The van der Waals surface area contributed by atoms with Crippen molar-refractivity contribution >= 4 is 6.21 Å². The molecule has 1 heterocycles. The number of nitrogens with one attached hydrogen (secondary N) is 1. The zero-order chi connectivity index (χ0) is 8.27. The van der Waals surface area contributed by atoms with E-state index in [0.717, 1.165) is 12.5 Å². The molecule has 0 spiro atoms. The summed E-state index contributed by atoms with van der Waals surface area (Å²) in [5.74, 6) is -0.466. The normalized spacial score (nSPS) is 10.5. The van der Waals surface area contributed by atoms with E-state index in [2.05, 4.69) is 15.1 Å². The first kappa shape index (κ1) is 7.26. The van der Waals surface area contributed by atoms with E-state index in [9.17, 15) is 4.79 Å². The van der Waals surface area contributed by atoms with E-state index in [1.807, 2.05) is 0 Å². The Hall–Kier alpha value is -1.85. The largest absolute Gasteiger partial charge is 0.493 e. The van der Waals surface area contributed by atoms with Gasteiger partial charge in [-0.25, -0.2) is 4.98 Å². The van der Waals surface area contributed by atoms with Gasteiger partial charge in [0.1, 0.15) is 5.56 Å². The molecule has 0 atom stereocenters. The highest BCUT2D eigenvalue weighted by molar-refractivity contribution is 5.81. The van der Waals surface area contributed by atoms with Crippen LogP contribution in [-0.4, -0.2) is 26.5 Å². The van der Waals surface area contributed by atoms with Crippen molar-refractivity contribution in [2.75, 3.05) is 0 Å². The van der Waals surface area contributed by atoms with E-state index in [-0.39, 0.29) is 5.56 Å². The minimum absolute atomic E-state index is 0.171. The smallest absolute Gasteiger partial charge is 0.263 e. The molecule has 0 saturated heterocycles. The number of aromatic amines is 1. The van der Waals surface area contributed by atoms with Gasteiger partial charge in [-0.1, -0.05) is 5.16 Å². The highest BCUT2D eigenvalue weighted by atomic mass is 16.4. The topological polar surface area (TPSA) is 98.6 Å². The molecule has 0 aliphatic rings. The molecule has 3 N–H and O–H groups in total. The summed E-state index contributed by atoms with van der Waals surface area (Å²) < 4.78 is 0. The molecule has 0 aliphatic carbocycles. The van der Waals surface area contributed by atoms with E-state index >= 15 is 0 Å². The summed E-state index contributed by atoms with van der Waals surface area (Å²) in [5, 5.41) is 19.5. The van der Waals surface area contributed by atoms with Crippen LogP contribution in [0, 0.1) is 0 Å². The fourth-order valence-electron chi connectivity index (χ4n) is 0.575. The molecule has 58 valence electrons. The lowest BCUT2D eigenvalue weighted by molar-refractivity contribution is 0.321. The second-order valence-corrected chi connectivity index (χ2v) is 1.71. The van der Waals surface area contributed by atoms with Crippen LogP contribution < -0.4 is 5.56 Å². The standard InChI is InChI=1S/C5H5N3O3/c9-4-3(1-8-11)5(10)7-2-6-4/h1-2,11H,(H2,6,7,9,10)/b8-1+. The Morgan fingerprint density at radius 3 is 3.00 bits per heavy atom. The molecule has 0 amide bonds. The van der Waals surface area contributed by atoms with Gasteiger partial charge in [-0.05, 0) is 0 Å². The van der Waals surface area contributed by atoms with Gasteiger partial charge in [-0.2, -0.15) is 0 Å². The second-order valence-electron chi connectivity index (χ2n) is 1.71. The van der Waals surface area contributed by atoms with Crippen LogP contribution in [0.1, 0.15) is 5.56 Å². The van der Waals surface area contributed by atoms with Crippen molar-refractivity contribution in [3.8, 4) is 5.88 Å². The number of oxime groups is 1. The third-order valence-electron chi connectivity index (χ3n) is 1.05. The summed E-state index contributed by atoms with van der Waals surface area (Å²) in [6, 6.07) is 0. The molecule has 11 heavy (non-hydrogen) atoms. The maximum Gasteiger partial charge on any atom is 0.263 e. The average Bonchev–Trinajstić information content (AvgIpc) is 1.97. The Labute approximate surface area is 60.8 Å². The number of nitrogens with zero attached hydrogens (tertiary/aromatic N) is 2. The molecular weight excluding hydrogens is 150 g/mol. The Kier molecular flexibility index (Phi) is 1.86. The van der Waals surface area contributed by atoms with E-state index < -0.39 is 11.4 Å². The summed E-state index contributed by atoms with van der Waals surface area (Å²) in [7, 11) is 0. The first-order chi connectivity index (χ1) is 5.25. The third kappa shape index (κ3) is 1.34. The predicted molar refractivity (Wildman–Crippen MR) is 35.9 cm³/mol. The van der Waals surface area contributed by atoms with Gasteiger partial charge in [0.2, 0.25) is 5.88 Å². The van der Waals surface area contributed by atoms with E-state index in [4.69, 9.17) is 10.3 Å². The number of aromatic nitrogens is 2. The van der Waals surface area contributed by atoms with Crippen LogP contribution >= 0.6 is 0 Å². The minimum atomic E-state index is -0.560. The molecule has 0 radical (unpaired) electrons. The van der Waals surface area contributed by atoms with E-state index in [1.54, 1.807) is 0 Å². The molecule has 6 heteroatoms. The first-order valence-corrected chi connectivity index (χ1v) is 2.70. The lowest BCUT2D eigenvalue weighted by atomic mass is 10.3. The molecule has 1 rings (SSSR count). The SMILES string of the molecule is O=c1[nH]cnc(O)c1/C=N/O. The van der Waals surface area contributed by atoms with Gasteiger partial charge in [-0.15, -0.1) is 0 Å². The van der Waals surface area contributed by atoms with Gasteiger partial charge < -0.3 is 15.3 Å². The van der Waals surface area contributed by atoms with Crippen LogP contribution in [0.3, 0.4) is 0 Å². The van der Waals surface area contributed by atoms with Gasteiger partial charge in [0, 0.05) is 0 Å². The molecular formula is C5H5N3O3. The number of hydrogen-bond donors (Lipinski definition) is 3. The Balaban J connectivity index is 3.32. The fourth-order valence-corrected chi connectivity index (χ4v) is 0.575. The molecule has 0 saturated carbocycles. The van der Waals surface area contributed by atoms with Gasteiger partial charge in [0.15, 0.2) is 0 Å². The summed E-state index contributed by atoms with van der Waals surface area (Å²) in [5.41, 5.74) is -0.731. The van der Waals surface area contributed by atoms with Crippen molar-refractivity contribution in [3.05, 3.63) is 22.2 Å². The number of H-pyrrole nitrogens is 1. The molecule has 0 aromatic carbocycles. The van der Waals surface area contributed by atoms with Crippen LogP contribution in [-0.2, 0) is 0 Å². The average molecular weight is 155 g/mol. The highest BCUT2D eigenvalue weighted by Crippen LogP contribution is 2.01. The van der Waals surface area contributed by atoms with Crippen LogP contribution in [0.25, 0.3) is 0 Å². The molecule has 1 aromatic heterocycles. The summed E-state index contributed by atoms with van der Waals surface area (Å²) in [6.07, 6.45) is 1.85. The number of hydrogen-bond acceptors (Lipinski definition) is 5. The maximum atomic E-state index is 10.8.